The predicted molar refractivity (Wildman–Crippen MR) is 104 cm³/mol. The summed E-state index contributed by atoms with van der Waals surface area (Å²) in [5, 5.41) is 3.07. The largest absolute Gasteiger partial charge is 0.354 e. The standard InChI is InChI=1S/C20H28N2O2S/c1-14(13-20(4,5)17-9-7-6-8-10-17)21-18(23)11-12-22-15(2)16(3)25-19(22)24/h6-10,14H,11-13H2,1-5H3,(H,21,23). The maximum Gasteiger partial charge on any atom is 0.307 e. The maximum absolute atomic E-state index is 12.3. The normalized spacial score (nSPS) is 12.8. The van der Waals surface area contributed by atoms with Crippen molar-refractivity contribution in [2.24, 2.45) is 0 Å². The number of amides is 1. The molecule has 0 aliphatic rings. The predicted octanol–water partition coefficient (Wildman–Crippen LogP) is 3.79. The second-order valence-corrected chi connectivity index (χ2v) is 8.50. The summed E-state index contributed by atoms with van der Waals surface area (Å²) in [4.78, 5) is 25.2. The summed E-state index contributed by atoms with van der Waals surface area (Å²) in [6, 6.07) is 10.4. The summed E-state index contributed by atoms with van der Waals surface area (Å²) in [6.07, 6.45) is 1.19. The minimum atomic E-state index is -0.00798. The number of thiazole rings is 1. The molecule has 5 heteroatoms. The second-order valence-electron chi connectivity index (χ2n) is 7.33. The number of nitrogens with one attached hydrogen (secondary N) is 1. The fourth-order valence-electron chi connectivity index (χ4n) is 3.23. The number of nitrogens with zero attached hydrogens (tertiary/aromatic N) is 1. The average Bonchev–Trinajstić information content (AvgIpc) is 2.78. The second kappa shape index (κ2) is 8.00. The van der Waals surface area contributed by atoms with Crippen molar-refractivity contribution in [2.75, 3.05) is 0 Å². The third-order valence-corrected chi connectivity index (χ3v) is 5.71. The van der Waals surface area contributed by atoms with E-state index in [1.54, 1.807) is 4.57 Å². The van der Waals surface area contributed by atoms with Gasteiger partial charge in [0.05, 0.1) is 0 Å². The highest BCUT2D eigenvalue weighted by Gasteiger charge is 2.24. The van der Waals surface area contributed by atoms with E-state index in [-0.39, 0.29) is 22.2 Å². The van der Waals surface area contributed by atoms with E-state index in [1.807, 2.05) is 39.0 Å². The number of hydrogen-bond acceptors (Lipinski definition) is 3. The number of aryl methyl sites for hydroxylation is 1. The fraction of sp³-hybridized carbons (Fsp3) is 0.500. The molecular weight excluding hydrogens is 332 g/mol. The topological polar surface area (TPSA) is 51.1 Å². The van der Waals surface area contributed by atoms with Crippen LogP contribution in [-0.2, 0) is 16.8 Å². The molecule has 136 valence electrons. The molecule has 1 heterocycles. The fourth-order valence-corrected chi connectivity index (χ4v) is 4.09. The van der Waals surface area contributed by atoms with Gasteiger partial charge in [-0.2, -0.15) is 0 Å². The quantitative estimate of drug-likeness (QED) is 0.817. The van der Waals surface area contributed by atoms with Gasteiger partial charge in [-0.15, -0.1) is 0 Å². The van der Waals surface area contributed by atoms with Crippen LogP contribution in [-0.4, -0.2) is 16.5 Å². The zero-order chi connectivity index (χ0) is 18.6. The molecule has 2 aromatic rings. The first-order valence-corrected chi connectivity index (χ1v) is 9.54. The molecule has 0 aliphatic carbocycles. The highest BCUT2D eigenvalue weighted by Crippen LogP contribution is 2.28. The molecule has 0 radical (unpaired) electrons. The maximum atomic E-state index is 12.3. The Kier molecular flexibility index (Phi) is 6.22. The van der Waals surface area contributed by atoms with E-state index < -0.39 is 0 Å². The van der Waals surface area contributed by atoms with Crippen LogP contribution in [0.15, 0.2) is 35.1 Å². The molecular formula is C20H28N2O2S. The van der Waals surface area contributed by atoms with Gasteiger partial charge >= 0.3 is 4.87 Å². The van der Waals surface area contributed by atoms with Crippen LogP contribution in [0.4, 0.5) is 0 Å². The van der Waals surface area contributed by atoms with Gasteiger partial charge in [0.1, 0.15) is 0 Å². The van der Waals surface area contributed by atoms with Crippen LogP contribution in [0.5, 0.6) is 0 Å². The van der Waals surface area contributed by atoms with Crippen LogP contribution in [0.3, 0.4) is 0 Å². The van der Waals surface area contributed by atoms with Crippen molar-refractivity contribution >= 4 is 17.2 Å². The zero-order valence-electron chi connectivity index (χ0n) is 15.8. The van der Waals surface area contributed by atoms with E-state index in [0.717, 1.165) is 17.0 Å². The Balaban J connectivity index is 1.89. The van der Waals surface area contributed by atoms with Crippen LogP contribution < -0.4 is 10.2 Å². The van der Waals surface area contributed by atoms with Crippen LogP contribution in [0, 0.1) is 13.8 Å². The Hall–Kier alpha value is -1.88. The minimum absolute atomic E-state index is 0.00786. The summed E-state index contributed by atoms with van der Waals surface area (Å²) >= 11 is 1.24. The Bertz CT molecular complexity index is 775. The molecule has 1 unspecified atom stereocenters. The highest BCUT2D eigenvalue weighted by atomic mass is 32.1. The molecule has 0 aliphatic heterocycles. The third-order valence-electron chi connectivity index (χ3n) is 4.72. The molecule has 25 heavy (non-hydrogen) atoms. The number of carbonyl (C=O) groups is 1. The van der Waals surface area contributed by atoms with Crippen molar-refractivity contribution in [3.63, 3.8) is 0 Å². The Labute approximate surface area is 153 Å². The van der Waals surface area contributed by atoms with Gasteiger partial charge in [-0.1, -0.05) is 55.5 Å². The lowest BCUT2D eigenvalue weighted by molar-refractivity contribution is -0.122. The first-order valence-electron chi connectivity index (χ1n) is 8.72. The summed E-state index contributed by atoms with van der Waals surface area (Å²) in [7, 11) is 0. The lowest BCUT2D eigenvalue weighted by Crippen LogP contribution is -2.37. The number of rotatable bonds is 7. The number of carbonyl (C=O) groups excluding carboxylic acids is 1. The molecule has 0 bridgehead atoms. The summed E-state index contributed by atoms with van der Waals surface area (Å²) in [6.45, 7) is 10.7. The monoisotopic (exact) mass is 360 g/mol. The van der Waals surface area contributed by atoms with E-state index in [2.05, 4.69) is 31.3 Å². The Morgan fingerprint density at radius 1 is 1.24 bits per heavy atom. The van der Waals surface area contributed by atoms with Crippen molar-refractivity contribution in [2.45, 2.75) is 65.5 Å². The summed E-state index contributed by atoms with van der Waals surface area (Å²) in [5.41, 5.74) is 2.22. The first-order chi connectivity index (χ1) is 11.7. The van der Waals surface area contributed by atoms with E-state index in [0.29, 0.717) is 13.0 Å². The van der Waals surface area contributed by atoms with Gasteiger partial charge in [0, 0.05) is 29.6 Å². The van der Waals surface area contributed by atoms with E-state index in [1.165, 1.54) is 16.9 Å². The number of hydrogen-bond donors (Lipinski definition) is 1. The van der Waals surface area contributed by atoms with Crippen molar-refractivity contribution in [3.8, 4) is 0 Å². The van der Waals surface area contributed by atoms with Crippen LogP contribution >= 0.6 is 11.3 Å². The first kappa shape index (κ1) is 19.4. The third kappa shape index (κ3) is 5.05. The van der Waals surface area contributed by atoms with E-state index in [4.69, 9.17) is 0 Å². The number of benzene rings is 1. The molecule has 1 aromatic heterocycles. The van der Waals surface area contributed by atoms with Crippen LogP contribution in [0.2, 0.25) is 0 Å². The molecule has 0 saturated heterocycles. The molecule has 0 spiro atoms. The van der Waals surface area contributed by atoms with Crippen LogP contribution in [0.25, 0.3) is 0 Å². The van der Waals surface area contributed by atoms with Gasteiger partial charge in [0.15, 0.2) is 0 Å². The summed E-state index contributed by atoms with van der Waals surface area (Å²) in [5.74, 6) is -0.00786. The summed E-state index contributed by atoms with van der Waals surface area (Å²) < 4.78 is 1.69. The van der Waals surface area contributed by atoms with Gasteiger partial charge < -0.3 is 9.88 Å². The Morgan fingerprint density at radius 2 is 1.88 bits per heavy atom. The van der Waals surface area contributed by atoms with Crippen molar-refractivity contribution in [1.29, 1.82) is 0 Å². The molecule has 2 rings (SSSR count). The van der Waals surface area contributed by atoms with Gasteiger partial charge in [-0.05, 0) is 38.2 Å². The van der Waals surface area contributed by atoms with Crippen molar-refractivity contribution in [1.82, 2.24) is 9.88 Å². The molecule has 1 atom stereocenters. The molecule has 1 aromatic carbocycles. The average molecular weight is 361 g/mol. The Morgan fingerprint density at radius 3 is 2.44 bits per heavy atom. The number of aromatic nitrogens is 1. The van der Waals surface area contributed by atoms with Crippen molar-refractivity contribution < 1.29 is 4.79 Å². The molecule has 1 N–H and O–H groups in total. The molecule has 1 amide bonds. The highest BCUT2D eigenvalue weighted by molar-refractivity contribution is 7.09. The van der Waals surface area contributed by atoms with Gasteiger partial charge in [0.25, 0.3) is 0 Å². The SMILES string of the molecule is Cc1sc(=O)n(CCC(=O)NC(C)CC(C)(C)c2ccccc2)c1C. The minimum Gasteiger partial charge on any atom is -0.354 e. The molecule has 4 nitrogen and oxygen atoms in total. The van der Waals surface area contributed by atoms with E-state index >= 15 is 0 Å². The lowest BCUT2D eigenvalue weighted by atomic mass is 9.79. The van der Waals surface area contributed by atoms with Gasteiger partial charge in [-0.25, -0.2) is 0 Å². The molecule has 0 saturated carbocycles. The van der Waals surface area contributed by atoms with Crippen molar-refractivity contribution in [3.05, 3.63) is 56.1 Å². The van der Waals surface area contributed by atoms with Crippen LogP contribution in [0.1, 0.15) is 49.7 Å². The zero-order valence-corrected chi connectivity index (χ0v) is 16.6. The van der Waals surface area contributed by atoms with Gasteiger partial charge in [0.2, 0.25) is 5.91 Å². The lowest BCUT2D eigenvalue weighted by Gasteiger charge is -2.29. The molecule has 0 fully saturated rings. The van der Waals surface area contributed by atoms with Gasteiger partial charge in [-0.3, -0.25) is 9.59 Å². The smallest absolute Gasteiger partial charge is 0.307 e. The van der Waals surface area contributed by atoms with E-state index in [9.17, 15) is 9.59 Å².